The third-order valence-electron chi connectivity index (χ3n) is 2.75. The van der Waals surface area contributed by atoms with Crippen LogP contribution < -0.4 is 10.1 Å². The molecule has 1 heterocycles. The van der Waals surface area contributed by atoms with Gasteiger partial charge in [0.25, 0.3) is 0 Å². The average molecular weight is 288 g/mol. The predicted octanol–water partition coefficient (Wildman–Crippen LogP) is 2.74. The lowest BCUT2D eigenvalue weighted by Crippen LogP contribution is -2.32. The van der Waals surface area contributed by atoms with Gasteiger partial charge in [-0.2, -0.15) is 0 Å². The normalized spacial score (nSPS) is 15.7. The second-order valence-electron chi connectivity index (χ2n) is 4.36. The second-order valence-corrected chi connectivity index (χ2v) is 5.21. The molecule has 0 radical (unpaired) electrons. The van der Waals surface area contributed by atoms with Gasteiger partial charge >= 0.3 is 0 Å². The van der Waals surface area contributed by atoms with Gasteiger partial charge in [0.2, 0.25) is 0 Å². The van der Waals surface area contributed by atoms with Crippen LogP contribution >= 0.6 is 23.2 Å². The summed E-state index contributed by atoms with van der Waals surface area (Å²) in [6.45, 7) is 3.21. The number of halogens is 2. The molecule has 0 aromatic heterocycles. The highest BCUT2D eigenvalue weighted by atomic mass is 35.5. The van der Waals surface area contributed by atoms with Crippen LogP contribution in [0.5, 0.6) is 5.75 Å². The molecular formula is C13H15Cl2NO2. The van der Waals surface area contributed by atoms with E-state index >= 15 is 0 Å². The topological polar surface area (TPSA) is 41.5 Å². The summed E-state index contributed by atoms with van der Waals surface area (Å²) >= 11 is 12.0. The van der Waals surface area contributed by atoms with Crippen molar-refractivity contribution in [2.75, 3.05) is 19.8 Å². The fraction of sp³-hybridized carbons (Fsp3) is 0.385. The van der Waals surface area contributed by atoms with Gasteiger partial charge in [0.15, 0.2) is 0 Å². The van der Waals surface area contributed by atoms with E-state index in [0.29, 0.717) is 28.9 Å². The van der Waals surface area contributed by atoms with Crippen molar-refractivity contribution < 1.29 is 9.84 Å². The van der Waals surface area contributed by atoms with Crippen molar-refractivity contribution in [3.8, 4) is 5.75 Å². The molecule has 0 fully saturated rings. The molecular weight excluding hydrogens is 273 g/mol. The zero-order chi connectivity index (χ0) is 13.1. The van der Waals surface area contributed by atoms with Gasteiger partial charge in [-0.1, -0.05) is 23.2 Å². The maximum absolute atomic E-state index is 8.95. The monoisotopic (exact) mass is 287 g/mol. The van der Waals surface area contributed by atoms with Crippen molar-refractivity contribution in [1.82, 2.24) is 5.32 Å². The Hall–Kier alpha value is -0.740. The van der Waals surface area contributed by atoms with E-state index in [2.05, 4.69) is 5.32 Å². The number of nitrogens with one attached hydrogen (secondary N) is 1. The molecule has 5 heteroatoms. The lowest BCUT2D eigenvalue weighted by molar-refractivity contribution is 0.252. The molecule has 1 atom stereocenters. The van der Waals surface area contributed by atoms with Crippen molar-refractivity contribution in [3.63, 3.8) is 0 Å². The smallest absolute Gasteiger partial charge is 0.145 e. The molecule has 2 rings (SSSR count). The van der Waals surface area contributed by atoms with E-state index in [-0.39, 0.29) is 12.6 Å². The Balaban J connectivity index is 2.14. The molecule has 1 aromatic carbocycles. The Kier molecular flexibility index (Phi) is 4.51. The van der Waals surface area contributed by atoms with Gasteiger partial charge in [0, 0.05) is 23.2 Å². The largest absolute Gasteiger partial charge is 0.487 e. The van der Waals surface area contributed by atoms with Crippen LogP contribution in [0.25, 0.3) is 6.08 Å². The molecule has 98 valence electrons. The Morgan fingerprint density at radius 3 is 2.94 bits per heavy atom. The second kappa shape index (κ2) is 5.93. The number of aliphatic hydroxyl groups excluding tert-OH is 1. The number of benzene rings is 1. The third kappa shape index (κ3) is 3.18. The Morgan fingerprint density at radius 1 is 1.44 bits per heavy atom. The number of ether oxygens (including phenoxy) is 1. The maximum Gasteiger partial charge on any atom is 0.145 e. The molecule has 0 amide bonds. The van der Waals surface area contributed by atoms with Crippen molar-refractivity contribution in [2.24, 2.45) is 0 Å². The molecule has 1 aromatic rings. The average Bonchev–Trinajstić information content (AvgIpc) is 2.35. The first-order chi connectivity index (χ1) is 8.60. The summed E-state index contributed by atoms with van der Waals surface area (Å²) < 4.78 is 5.63. The summed E-state index contributed by atoms with van der Waals surface area (Å²) in [5.74, 6) is 0.681. The van der Waals surface area contributed by atoms with E-state index in [1.165, 1.54) is 0 Å². The Bertz CT molecular complexity index is 474. The molecule has 0 spiro atoms. The molecule has 1 aliphatic heterocycles. The Morgan fingerprint density at radius 2 is 2.22 bits per heavy atom. The van der Waals surface area contributed by atoms with E-state index in [4.69, 9.17) is 33.0 Å². The first kappa shape index (κ1) is 13.7. The minimum atomic E-state index is 0.0650. The van der Waals surface area contributed by atoms with Gasteiger partial charge in [0.05, 0.1) is 11.6 Å². The zero-order valence-corrected chi connectivity index (χ0v) is 11.6. The van der Waals surface area contributed by atoms with Crippen LogP contribution in [0.3, 0.4) is 0 Å². The fourth-order valence-electron chi connectivity index (χ4n) is 1.74. The molecule has 18 heavy (non-hydrogen) atoms. The highest BCUT2D eigenvalue weighted by Crippen LogP contribution is 2.36. The standard InChI is InChI=1S/C13H15Cl2NO2/c1-8(6-17)16-5-9-2-10-3-11(14)4-12(15)13(10)18-7-9/h2-4,8,16-17H,5-7H2,1H3/t8-/m1/s1. The van der Waals surface area contributed by atoms with Crippen molar-refractivity contribution >= 4 is 29.3 Å². The van der Waals surface area contributed by atoms with Crippen molar-refractivity contribution in [3.05, 3.63) is 33.3 Å². The summed E-state index contributed by atoms with van der Waals surface area (Å²) in [5, 5.41) is 13.3. The quantitative estimate of drug-likeness (QED) is 0.895. The van der Waals surface area contributed by atoms with Gasteiger partial charge in [-0.05, 0) is 30.7 Å². The minimum Gasteiger partial charge on any atom is -0.487 e. The fourth-order valence-corrected chi connectivity index (χ4v) is 2.30. The van der Waals surface area contributed by atoms with Crippen LogP contribution in [0.15, 0.2) is 17.7 Å². The summed E-state index contributed by atoms with van der Waals surface area (Å²) in [5.41, 5.74) is 1.99. The van der Waals surface area contributed by atoms with Crippen molar-refractivity contribution in [1.29, 1.82) is 0 Å². The third-order valence-corrected chi connectivity index (χ3v) is 3.25. The summed E-state index contributed by atoms with van der Waals surface area (Å²) in [6.07, 6.45) is 2.02. The summed E-state index contributed by atoms with van der Waals surface area (Å²) in [4.78, 5) is 0. The van der Waals surface area contributed by atoms with E-state index in [1.54, 1.807) is 6.07 Å². The molecule has 0 saturated heterocycles. The van der Waals surface area contributed by atoms with Gasteiger partial charge < -0.3 is 15.2 Å². The van der Waals surface area contributed by atoms with Gasteiger partial charge in [-0.15, -0.1) is 0 Å². The van der Waals surface area contributed by atoms with Crippen LogP contribution in [0.4, 0.5) is 0 Å². The van der Waals surface area contributed by atoms with Crippen LogP contribution in [0.1, 0.15) is 12.5 Å². The number of hydrogen-bond donors (Lipinski definition) is 2. The maximum atomic E-state index is 8.95. The van der Waals surface area contributed by atoms with E-state index in [9.17, 15) is 0 Å². The summed E-state index contributed by atoms with van der Waals surface area (Å²) in [6, 6.07) is 3.57. The van der Waals surface area contributed by atoms with Gasteiger partial charge in [-0.25, -0.2) is 0 Å². The number of aliphatic hydroxyl groups is 1. The van der Waals surface area contributed by atoms with Crippen molar-refractivity contribution in [2.45, 2.75) is 13.0 Å². The molecule has 0 aliphatic carbocycles. The summed E-state index contributed by atoms with van der Waals surface area (Å²) in [7, 11) is 0. The van der Waals surface area contributed by atoms with Crippen LogP contribution in [0.2, 0.25) is 10.0 Å². The molecule has 0 bridgehead atoms. The highest BCUT2D eigenvalue weighted by Gasteiger charge is 2.15. The molecule has 3 nitrogen and oxygen atoms in total. The Labute approximate surface area is 116 Å². The van der Waals surface area contributed by atoms with Gasteiger partial charge in [-0.3, -0.25) is 0 Å². The van der Waals surface area contributed by atoms with Crippen LogP contribution in [-0.2, 0) is 0 Å². The number of hydrogen-bond acceptors (Lipinski definition) is 3. The lowest BCUT2D eigenvalue weighted by atomic mass is 10.1. The van der Waals surface area contributed by atoms with E-state index < -0.39 is 0 Å². The van der Waals surface area contributed by atoms with E-state index in [0.717, 1.165) is 11.1 Å². The predicted molar refractivity (Wildman–Crippen MR) is 74.5 cm³/mol. The minimum absolute atomic E-state index is 0.0650. The van der Waals surface area contributed by atoms with Crippen LogP contribution in [0, 0.1) is 0 Å². The number of rotatable bonds is 4. The first-order valence-corrected chi connectivity index (χ1v) is 6.51. The van der Waals surface area contributed by atoms with Crippen LogP contribution in [-0.4, -0.2) is 30.9 Å². The van der Waals surface area contributed by atoms with E-state index in [1.807, 2.05) is 19.1 Å². The molecule has 1 aliphatic rings. The number of fused-ring (bicyclic) bond motifs is 1. The highest BCUT2D eigenvalue weighted by molar-refractivity contribution is 6.36. The molecule has 0 saturated carbocycles. The SMILES string of the molecule is C[C@H](CO)NCC1=Cc2cc(Cl)cc(Cl)c2OC1. The van der Waals surface area contributed by atoms with Gasteiger partial charge in [0.1, 0.15) is 12.4 Å². The first-order valence-electron chi connectivity index (χ1n) is 5.75. The molecule has 0 unspecified atom stereocenters. The lowest BCUT2D eigenvalue weighted by Gasteiger charge is -2.20. The molecule has 2 N–H and O–H groups in total. The zero-order valence-electron chi connectivity index (χ0n) is 10.0.